The molecule has 1 saturated heterocycles. The fraction of sp³-hybridized carbons (Fsp3) is 0.417. The lowest BCUT2D eigenvalue weighted by atomic mass is 10.2. The number of hydrogen-bond donors (Lipinski definition) is 0. The zero-order valence-electron chi connectivity index (χ0n) is 9.44. The number of methoxy groups -OCH3 is 1. The van der Waals surface area contributed by atoms with Gasteiger partial charge < -0.3 is 14.2 Å². The highest BCUT2D eigenvalue weighted by molar-refractivity contribution is 14.1. The Morgan fingerprint density at radius 2 is 2.35 bits per heavy atom. The molecule has 0 unspecified atom stereocenters. The summed E-state index contributed by atoms with van der Waals surface area (Å²) in [4.78, 5) is 11.9. The first kappa shape index (κ1) is 12.6. The molecule has 0 amide bonds. The van der Waals surface area contributed by atoms with Crippen molar-refractivity contribution in [1.29, 1.82) is 0 Å². The van der Waals surface area contributed by atoms with Crippen LogP contribution in [0.4, 0.5) is 0 Å². The van der Waals surface area contributed by atoms with Crippen LogP contribution in [0.25, 0.3) is 0 Å². The predicted octanol–water partition coefficient (Wildman–Crippen LogP) is 2.25. The molecule has 1 fully saturated rings. The maximum atomic E-state index is 11.9. The quantitative estimate of drug-likeness (QED) is 0.621. The zero-order chi connectivity index (χ0) is 12.3. The van der Waals surface area contributed by atoms with E-state index in [0.29, 0.717) is 18.8 Å². The lowest BCUT2D eigenvalue weighted by Crippen LogP contribution is -2.18. The molecular weight excluding hydrogens is 335 g/mol. The lowest BCUT2D eigenvalue weighted by Gasteiger charge is -2.11. The van der Waals surface area contributed by atoms with E-state index in [0.717, 1.165) is 15.7 Å². The Balaban J connectivity index is 2.07. The van der Waals surface area contributed by atoms with Gasteiger partial charge in [0.1, 0.15) is 11.9 Å². The average Bonchev–Trinajstić information content (AvgIpc) is 2.81. The highest BCUT2D eigenvalue weighted by atomic mass is 127. The maximum absolute atomic E-state index is 11.9. The van der Waals surface area contributed by atoms with Gasteiger partial charge in [0.25, 0.3) is 0 Å². The van der Waals surface area contributed by atoms with Gasteiger partial charge in [-0.05, 0) is 40.8 Å². The molecule has 0 aliphatic carbocycles. The first-order chi connectivity index (χ1) is 8.20. The smallest absolute Gasteiger partial charge is 0.339 e. The molecule has 1 aliphatic rings. The van der Waals surface area contributed by atoms with Gasteiger partial charge in [0.15, 0.2) is 0 Å². The molecule has 0 radical (unpaired) electrons. The van der Waals surface area contributed by atoms with Crippen molar-refractivity contribution in [2.45, 2.75) is 12.5 Å². The summed E-state index contributed by atoms with van der Waals surface area (Å²) < 4.78 is 16.4. The monoisotopic (exact) mass is 348 g/mol. The zero-order valence-corrected chi connectivity index (χ0v) is 11.6. The molecule has 0 spiro atoms. The molecule has 1 heterocycles. The summed E-state index contributed by atoms with van der Waals surface area (Å²) in [6.07, 6.45) is 0.666. The third kappa shape index (κ3) is 3.10. The number of carbonyl (C=O) groups excluding carboxylic acids is 1. The minimum absolute atomic E-state index is 0.111. The summed E-state index contributed by atoms with van der Waals surface area (Å²) >= 11 is 2.10. The molecule has 0 N–H and O–H groups in total. The second-order valence-electron chi connectivity index (χ2n) is 3.74. The van der Waals surface area contributed by atoms with Gasteiger partial charge in [-0.1, -0.05) is 0 Å². The summed E-state index contributed by atoms with van der Waals surface area (Å²) in [5.74, 6) is 0.433. The van der Waals surface area contributed by atoms with Crippen LogP contribution in [0.5, 0.6) is 5.75 Å². The Hall–Kier alpha value is -0.820. The number of halogens is 1. The van der Waals surface area contributed by atoms with Gasteiger partial charge in [0, 0.05) is 9.99 Å². The molecule has 4 nitrogen and oxygen atoms in total. The van der Waals surface area contributed by atoms with E-state index in [4.69, 9.17) is 14.2 Å². The second-order valence-corrected chi connectivity index (χ2v) is 4.90. The van der Waals surface area contributed by atoms with Crippen LogP contribution in [0.2, 0.25) is 0 Å². The largest absolute Gasteiger partial charge is 0.497 e. The van der Waals surface area contributed by atoms with Crippen molar-refractivity contribution in [3.8, 4) is 5.75 Å². The summed E-state index contributed by atoms with van der Waals surface area (Å²) in [6, 6.07) is 5.28. The topological polar surface area (TPSA) is 44.8 Å². The van der Waals surface area contributed by atoms with Crippen molar-refractivity contribution >= 4 is 28.6 Å². The number of benzene rings is 1. The van der Waals surface area contributed by atoms with E-state index in [1.807, 2.05) is 6.07 Å². The fourth-order valence-electron chi connectivity index (χ4n) is 1.61. The van der Waals surface area contributed by atoms with E-state index >= 15 is 0 Å². The van der Waals surface area contributed by atoms with Crippen LogP contribution in [-0.4, -0.2) is 32.4 Å². The molecule has 0 aromatic heterocycles. The maximum Gasteiger partial charge on any atom is 0.339 e. The van der Waals surface area contributed by atoms with Gasteiger partial charge in [-0.15, -0.1) is 0 Å². The molecule has 1 atom stereocenters. The van der Waals surface area contributed by atoms with E-state index in [9.17, 15) is 4.79 Å². The summed E-state index contributed by atoms with van der Waals surface area (Å²) in [6.45, 7) is 1.16. The van der Waals surface area contributed by atoms with Crippen LogP contribution in [0.15, 0.2) is 18.2 Å². The van der Waals surface area contributed by atoms with E-state index in [1.54, 1.807) is 19.2 Å². The molecule has 92 valence electrons. The molecule has 0 bridgehead atoms. The lowest BCUT2D eigenvalue weighted by molar-refractivity contribution is 0.0269. The summed E-state index contributed by atoms with van der Waals surface area (Å²) in [5.41, 5.74) is 0.568. The van der Waals surface area contributed by atoms with Gasteiger partial charge in [-0.3, -0.25) is 0 Å². The molecule has 1 aliphatic heterocycles. The van der Waals surface area contributed by atoms with Crippen molar-refractivity contribution in [1.82, 2.24) is 0 Å². The van der Waals surface area contributed by atoms with Crippen LogP contribution in [0.1, 0.15) is 16.8 Å². The Morgan fingerprint density at radius 3 is 2.94 bits per heavy atom. The van der Waals surface area contributed by atoms with Crippen LogP contribution >= 0.6 is 22.6 Å². The van der Waals surface area contributed by atoms with Gasteiger partial charge >= 0.3 is 5.97 Å². The Morgan fingerprint density at radius 1 is 1.53 bits per heavy atom. The fourth-order valence-corrected chi connectivity index (χ4v) is 2.32. The Bertz CT molecular complexity index is 413. The normalized spacial score (nSPS) is 19.1. The van der Waals surface area contributed by atoms with Crippen molar-refractivity contribution in [3.05, 3.63) is 27.3 Å². The van der Waals surface area contributed by atoms with Crippen LogP contribution < -0.4 is 4.74 Å². The highest BCUT2D eigenvalue weighted by Gasteiger charge is 2.22. The number of carbonyl (C=O) groups is 1. The molecule has 5 heteroatoms. The van der Waals surface area contributed by atoms with Gasteiger partial charge in [-0.2, -0.15) is 0 Å². The molecule has 17 heavy (non-hydrogen) atoms. The van der Waals surface area contributed by atoms with Crippen molar-refractivity contribution in [2.24, 2.45) is 0 Å². The van der Waals surface area contributed by atoms with E-state index in [2.05, 4.69) is 22.6 Å². The van der Waals surface area contributed by atoms with Crippen molar-refractivity contribution < 1.29 is 19.0 Å². The number of rotatable bonds is 3. The van der Waals surface area contributed by atoms with Crippen LogP contribution in [-0.2, 0) is 9.47 Å². The van der Waals surface area contributed by atoms with Crippen molar-refractivity contribution in [2.75, 3.05) is 20.3 Å². The number of ether oxygens (including phenoxy) is 3. The molecule has 2 rings (SSSR count). The predicted molar refractivity (Wildman–Crippen MR) is 70.4 cm³/mol. The third-order valence-corrected chi connectivity index (χ3v) is 3.45. The highest BCUT2D eigenvalue weighted by Crippen LogP contribution is 2.21. The van der Waals surface area contributed by atoms with Gasteiger partial charge in [0.2, 0.25) is 0 Å². The Kier molecular flexibility index (Phi) is 4.22. The Labute approximate surface area is 113 Å². The van der Waals surface area contributed by atoms with Gasteiger partial charge in [0.05, 0.1) is 25.9 Å². The number of esters is 1. The SMILES string of the molecule is COc1ccc(C(=O)O[C@H]2CCOC2)c(I)c1. The average molecular weight is 348 g/mol. The standard InChI is InChI=1S/C12H13IO4/c1-15-8-2-3-10(11(13)6-8)12(14)17-9-4-5-16-7-9/h2-3,6,9H,4-5,7H2,1H3/t9-/m0/s1. The first-order valence-electron chi connectivity index (χ1n) is 5.33. The van der Waals surface area contributed by atoms with Gasteiger partial charge in [-0.25, -0.2) is 4.79 Å². The molecule has 1 aromatic rings. The molecule has 0 saturated carbocycles. The molecular formula is C12H13IO4. The van der Waals surface area contributed by atoms with Crippen LogP contribution in [0.3, 0.4) is 0 Å². The number of hydrogen-bond acceptors (Lipinski definition) is 4. The summed E-state index contributed by atoms with van der Waals surface area (Å²) in [7, 11) is 1.60. The molecule has 1 aromatic carbocycles. The minimum Gasteiger partial charge on any atom is -0.497 e. The second kappa shape index (κ2) is 5.68. The van der Waals surface area contributed by atoms with E-state index < -0.39 is 0 Å². The van der Waals surface area contributed by atoms with E-state index in [-0.39, 0.29) is 12.1 Å². The summed E-state index contributed by atoms with van der Waals surface area (Å²) in [5, 5.41) is 0. The van der Waals surface area contributed by atoms with Crippen molar-refractivity contribution in [3.63, 3.8) is 0 Å². The van der Waals surface area contributed by atoms with E-state index in [1.165, 1.54) is 0 Å². The minimum atomic E-state index is -0.299. The van der Waals surface area contributed by atoms with Crippen LogP contribution in [0, 0.1) is 3.57 Å². The first-order valence-corrected chi connectivity index (χ1v) is 6.41. The third-order valence-electron chi connectivity index (χ3n) is 2.56.